The molecule has 3 aromatic rings. The summed E-state index contributed by atoms with van der Waals surface area (Å²) in [6.07, 6.45) is 9.67. The zero-order valence-corrected chi connectivity index (χ0v) is 18.2. The van der Waals surface area contributed by atoms with E-state index in [4.69, 9.17) is 5.10 Å². The molecule has 0 unspecified atom stereocenters. The van der Waals surface area contributed by atoms with Crippen molar-refractivity contribution in [3.05, 3.63) is 48.1 Å². The first-order valence-corrected chi connectivity index (χ1v) is 9.92. The number of aromatic nitrogens is 7. The predicted octanol–water partition coefficient (Wildman–Crippen LogP) is 3.84. The van der Waals surface area contributed by atoms with Crippen molar-refractivity contribution in [2.45, 2.75) is 84.2 Å². The van der Waals surface area contributed by atoms with E-state index < -0.39 is 0 Å². The highest BCUT2D eigenvalue weighted by Crippen LogP contribution is 2.28. The Hall–Kier alpha value is -2.44. The molecule has 0 saturated carbocycles. The van der Waals surface area contributed by atoms with Crippen molar-refractivity contribution in [1.29, 1.82) is 0 Å². The maximum Gasteiger partial charge on any atom is 0.135 e. The second kappa shape index (κ2) is 7.18. The van der Waals surface area contributed by atoms with Crippen LogP contribution >= 0.6 is 0 Å². The molecule has 3 heterocycles. The van der Waals surface area contributed by atoms with Gasteiger partial charge in [0.25, 0.3) is 0 Å². The molecule has 1 N–H and O–H groups in total. The van der Waals surface area contributed by atoms with E-state index in [2.05, 4.69) is 87.2 Å². The van der Waals surface area contributed by atoms with Crippen LogP contribution in [-0.2, 0) is 29.3 Å². The average Bonchev–Trinajstić information content (AvgIpc) is 3.32. The van der Waals surface area contributed by atoms with Gasteiger partial charge in [0.05, 0.1) is 17.4 Å². The van der Waals surface area contributed by atoms with Gasteiger partial charge in [-0.1, -0.05) is 27.7 Å². The first-order chi connectivity index (χ1) is 13.0. The molecular formula is C21H33N7. The molecule has 0 aliphatic carbocycles. The number of rotatable bonds is 7. The number of hydrogen-bond donors (Lipinski definition) is 1. The second-order valence-electron chi connectivity index (χ2n) is 9.96. The van der Waals surface area contributed by atoms with Crippen LogP contribution in [0.15, 0.2) is 31.0 Å². The molecule has 0 spiro atoms. The summed E-state index contributed by atoms with van der Waals surface area (Å²) in [5.41, 5.74) is 2.21. The lowest BCUT2D eigenvalue weighted by Crippen LogP contribution is -2.24. The molecule has 0 atom stereocenters. The van der Waals surface area contributed by atoms with Crippen molar-refractivity contribution in [2.75, 3.05) is 0 Å². The van der Waals surface area contributed by atoms with Gasteiger partial charge < -0.3 is 4.98 Å². The Morgan fingerprint density at radius 3 is 2.39 bits per heavy atom. The van der Waals surface area contributed by atoms with Gasteiger partial charge in [-0.3, -0.25) is 9.36 Å². The monoisotopic (exact) mass is 383 g/mol. The van der Waals surface area contributed by atoms with E-state index >= 15 is 0 Å². The van der Waals surface area contributed by atoms with Gasteiger partial charge >= 0.3 is 0 Å². The summed E-state index contributed by atoms with van der Waals surface area (Å²) in [6.45, 7) is 16.2. The Balaban J connectivity index is 1.66. The Kier molecular flexibility index (Phi) is 5.21. The molecule has 0 aliphatic rings. The fourth-order valence-corrected chi connectivity index (χ4v) is 3.31. The molecule has 0 bridgehead atoms. The van der Waals surface area contributed by atoms with Gasteiger partial charge in [0, 0.05) is 29.8 Å². The largest absolute Gasteiger partial charge is 0.331 e. The fourth-order valence-electron chi connectivity index (χ4n) is 3.31. The van der Waals surface area contributed by atoms with Gasteiger partial charge in [-0.05, 0) is 45.2 Å². The molecule has 7 heteroatoms. The predicted molar refractivity (Wildman–Crippen MR) is 110 cm³/mol. The van der Waals surface area contributed by atoms with Crippen LogP contribution in [0.5, 0.6) is 0 Å². The van der Waals surface area contributed by atoms with E-state index in [0.717, 1.165) is 30.9 Å². The lowest BCUT2D eigenvalue weighted by molar-refractivity contribution is 0.355. The van der Waals surface area contributed by atoms with Crippen molar-refractivity contribution >= 4 is 0 Å². The minimum atomic E-state index is -0.0698. The number of nitrogens with zero attached hydrogens (tertiary/aromatic N) is 6. The van der Waals surface area contributed by atoms with Gasteiger partial charge in [-0.2, -0.15) is 10.2 Å². The second-order valence-corrected chi connectivity index (χ2v) is 9.96. The van der Waals surface area contributed by atoms with E-state index in [-0.39, 0.29) is 16.4 Å². The van der Waals surface area contributed by atoms with Crippen LogP contribution < -0.4 is 0 Å². The van der Waals surface area contributed by atoms with E-state index in [1.54, 1.807) is 6.33 Å². The molecule has 0 saturated heterocycles. The SMILES string of the molecule is CC(C)(Cc1cnn(C(C)(C)C)c1)c1ccn(CCC(C)(C)c2nnc[nH]2)n1. The molecular weight excluding hydrogens is 350 g/mol. The first-order valence-electron chi connectivity index (χ1n) is 9.92. The van der Waals surface area contributed by atoms with Gasteiger partial charge in [0.1, 0.15) is 12.2 Å². The van der Waals surface area contributed by atoms with Crippen molar-refractivity contribution < 1.29 is 0 Å². The van der Waals surface area contributed by atoms with Crippen LogP contribution in [-0.4, -0.2) is 34.7 Å². The average molecular weight is 384 g/mol. The smallest absolute Gasteiger partial charge is 0.135 e. The van der Waals surface area contributed by atoms with Crippen molar-refractivity contribution in [2.24, 2.45) is 0 Å². The number of nitrogens with one attached hydrogen (secondary N) is 1. The molecule has 0 amide bonds. The molecule has 7 nitrogen and oxygen atoms in total. The van der Waals surface area contributed by atoms with E-state index in [1.165, 1.54) is 5.56 Å². The summed E-state index contributed by atoms with van der Waals surface area (Å²) in [5, 5.41) is 17.5. The number of hydrogen-bond acceptors (Lipinski definition) is 4. The van der Waals surface area contributed by atoms with Gasteiger partial charge in [-0.15, -0.1) is 10.2 Å². The van der Waals surface area contributed by atoms with Crippen molar-refractivity contribution in [3.8, 4) is 0 Å². The zero-order valence-electron chi connectivity index (χ0n) is 18.2. The summed E-state index contributed by atoms with van der Waals surface area (Å²) < 4.78 is 4.07. The standard InChI is InChI=1S/C21H33N7/c1-19(2,3)28-14-16(13-24-28)12-21(6,7)17-8-10-27(26-17)11-9-20(4,5)18-22-15-23-25-18/h8,10,13-15H,9,11-12H2,1-7H3,(H,22,23,25). The molecule has 3 rings (SSSR count). The summed E-state index contributed by atoms with van der Waals surface area (Å²) in [5.74, 6) is 0.913. The molecule has 28 heavy (non-hydrogen) atoms. The van der Waals surface area contributed by atoms with E-state index in [9.17, 15) is 0 Å². The van der Waals surface area contributed by atoms with Crippen molar-refractivity contribution in [3.63, 3.8) is 0 Å². The third kappa shape index (κ3) is 4.51. The summed E-state index contributed by atoms with van der Waals surface area (Å²) in [6, 6.07) is 2.13. The van der Waals surface area contributed by atoms with Gasteiger partial charge in [-0.25, -0.2) is 0 Å². The van der Waals surface area contributed by atoms with Gasteiger partial charge in [0.15, 0.2) is 0 Å². The Bertz CT molecular complexity index is 891. The molecule has 0 fully saturated rings. The fraction of sp³-hybridized carbons (Fsp3) is 0.619. The maximum atomic E-state index is 4.86. The Morgan fingerprint density at radius 1 is 1.04 bits per heavy atom. The maximum absolute atomic E-state index is 4.86. The molecule has 152 valence electrons. The van der Waals surface area contributed by atoms with E-state index in [1.807, 2.05) is 15.6 Å². The first kappa shape index (κ1) is 20.3. The lowest BCUT2D eigenvalue weighted by atomic mass is 9.83. The van der Waals surface area contributed by atoms with Crippen LogP contribution in [0.2, 0.25) is 0 Å². The zero-order chi connectivity index (χ0) is 20.6. The van der Waals surface area contributed by atoms with Crippen LogP contribution in [0.25, 0.3) is 0 Å². The van der Waals surface area contributed by atoms with Crippen LogP contribution in [0.4, 0.5) is 0 Å². The van der Waals surface area contributed by atoms with Crippen LogP contribution in [0, 0.1) is 0 Å². The molecule has 0 aliphatic heterocycles. The Labute approximate surface area is 167 Å². The van der Waals surface area contributed by atoms with E-state index in [0.29, 0.717) is 0 Å². The highest BCUT2D eigenvalue weighted by atomic mass is 15.3. The highest BCUT2D eigenvalue weighted by Gasteiger charge is 2.27. The van der Waals surface area contributed by atoms with Gasteiger partial charge in [0.2, 0.25) is 0 Å². The molecule has 0 radical (unpaired) electrons. The van der Waals surface area contributed by atoms with Crippen molar-refractivity contribution in [1.82, 2.24) is 34.7 Å². The Morgan fingerprint density at radius 2 is 1.79 bits per heavy atom. The third-order valence-electron chi connectivity index (χ3n) is 5.33. The minimum absolute atomic E-state index is 0.000284. The highest BCUT2D eigenvalue weighted by molar-refractivity contribution is 5.19. The lowest BCUT2D eigenvalue weighted by Gasteiger charge is -2.23. The number of aromatic amines is 1. The minimum Gasteiger partial charge on any atom is -0.331 e. The third-order valence-corrected chi connectivity index (χ3v) is 5.33. The normalized spacial score (nSPS) is 13.2. The van der Waals surface area contributed by atoms with Crippen LogP contribution in [0.1, 0.15) is 72.0 Å². The molecule has 0 aromatic carbocycles. The summed E-state index contributed by atoms with van der Waals surface area (Å²) >= 11 is 0. The molecule has 3 aromatic heterocycles. The number of aryl methyl sites for hydroxylation is 1. The quantitative estimate of drug-likeness (QED) is 0.672. The number of H-pyrrole nitrogens is 1. The topological polar surface area (TPSA) is 77.2 Å². The summed E-state index contributed by atoms with van der Waals surface area (Å²) in [4.78, 5) is 3.12. The van der Waals surface area contributed by atoms with Crippen LogP contribution in [0.3, 0.4) is 0 Å². The summed E-state index contributed by atoms with van der Waals surface area (Å²) in [7, 11) is 0.